The number of nitrogens with one attached hydrogen (secondary N) is 1. The fourth-order valence-electron chi connectivity index (χ4n) is 2.75. The third-order valence-electron chi connectivity index (χ3n) is 3.84. The molecule has 2 rings (SSSR count). The molecular formula is C16H25NO2. The highest BCUT2D eigenvalue weighted by molar-refractivity contribution is 5.49. The first-order chi connectivity index (χ1) is 8.93. The van der Waals surface area contributed by atoms with E-state index >= 15 is 0 Å². The highest BCUT2D eigenvalue weighted by Crippen LogP contribution is 2.39. The van der Waals surface area contributed by atoms with Gasteiger partial charge in [0.1, 0.15) is 11.5 Å². The van der Waals surface area contributed by atoms with E-state index in [2.05, 4.69) is 26.1 Å². The summed E-state index contributed by atoms with van der Waals surface area (Å²) < 4.78 is 5.54. The number of ether oxygens (including phenoxy) is 1. The molecule has 0 spiro atoms. The topological polar surface area (TPSA) is 41.5 Å². The Morgan fingerprint density at radius 2 is 2.00 bits per heavy atom. The maximum atomic E-state index is 10.3. The van der Waals surface area contributed by atoms with E-state index in [0.717, 1.165) is 29.8 Å². The lowest BCUT2D eigenvalue weighted by molar-refractivity contribution is 0.367. The zero-order valence-electron chi connectivity index (χ0n) is 12.4. The van der Waals surface area contributed by atoms with Gasteiger partial charge in [-0.15, -0.1) is 0 Å². The van der Waals surface area contributed by atoms with E-state index in [9.17, 15) is 5.11 Å². The van der Waals surface area contributed by atoms with Gasteiger partial charge in [-0.1, -0.05) is 27.2 Å². The average molecular weight is 263 g/mol. The van der Waals surface area contributed by atoms with Crippen LogP contribution in [0.1, 0.15) is 57.2 Å². The maximum Gasteiger partial charge on any atom is 0.124 e. The second-order valence-electron chi connectivity index (χ2n) is 6.36. The molecule has 0 radical (unpaired) electrons. The van der Waals surface area contributed by atoms with Gasteiger partial charge >= 0.3 is 0 Å². The van der Waals surface area contributed by atoms with Crippen molar-refractivity contribution in [3.8, 4) is 11.5 Å². The monoisotopic (exact) mass is 263 g/mol. The van der Waals surface area contributed by atoms with Crippen molar-refractivity contribution in [1.82, 2.24) is 5.32 Å². The Kier molecular flexibility index (Phi) is 4.04. The van der Waals surface area contributed by atoms with E-state index in [1.54, 1.807) is 7.11 Å². The van der Waals surface area contributed by atoms with Crippen molar-refractivity contribution >= 4 is 0 Å². The van der Waals surface area contributed by atoms with E-state index in [0.29, 0.717) is 11.8 Å². The highest BCUT2D eigenvalue weighted by Gasteiger charge is 2.24. The highest BCUT2D eigenvalue weighted by atomic mass is 16.5. The van der Waals surface area contributed by atoms with Gasteiger partial charge in [0.05, 0.1) is 7.11 Å². The number of aromatic hydroxyl groups is 1. The first-order valence-corrected chi connectivity index (χ1v) is 7.08. The summed E-state index contributed by atoms with van der Waals surface area (Å²) >= 11 is 0. The van der Waals surface area contributed by atoms with Crippen LogP contribution < -0.4 is 10.1 Å². The minimum atomic E-state index is -0.0874. The molecule has 1 fully saturated rings. The van der Waals surface area contributed by atoms with Crippen LogP contribution in [-0.4, -0.2) is 18.8 Å². The Bertz CT molecular complexity index is 443. The molecule has 106 valence electrons. The zero-order chi connectivity index (χ0) is 14.0. The lowest BCUT2D eigenvalue weighted by atomic mass is 9.84. The maximum absolute atomic E-state index is 10.3. The Balaban J connectivity index is 2.41. The number of hydrogen-bond acceptors (Lipinski definition) is 3. The molecule has 3 heteroatoms. The minimum absolute atomic E-state index is 0.0874. The van der Waals surface area contributed by atoms with Crippen LogP contribution in [0.4, 0.5) is 0 Å². The second-order valence-corrected chi connectivity index (χ2v) is 6.36. The summed E-state index contributed by atoms with van der Waals surface area (Å²) in [6, 6.07) is 4.16. The van der Waals surface area contributed by atoms with Crippen LogP contribution in [0.2, 0.25) is 0 Å². The molecule has 1 saturated heterocycles. The summed E-state index contributed by atoms with van der Waals surface area (Å²) in [7, 11) is 1.70. The van der Waals surface area contributed by atoms with E-state index < -0.39 is 0 Å². The van der Waals surface area contributed by atoms with Gasteiger partial charge in [0.25, 0.3) is 0 Å². The summed E-state index contributed by atoms with van der Waals surface area (Å²) in [5, 5.41) is 13.8. The summed E-state index contributed by atoms with van der Waals surface area (Å²) in [6.45, 7) is 7.33. The average Bonchev–Trinajstić information content (AvgIpc) is 2.38. The third-order valence-corrected chi connectivity index (χ3v) is 3.84. The lowest BCUT2D eigenvalue weighted by Crippen LogP contribution is -2.27. The summed E-state index contributed by atoms with van der Waals surface area (Å²) in [5.74, 6) is 1.25. The Labute approximate surface area is 116 Å². The van der Waals surface area contributed by atoms with Gasteiger partial charge in [0, 0.05) is 17.2 Å². The summed E-state index contributed by atoms with van der Waals surface area (Å²) in [6.07, 6.45) is 3.55. The normalized spacial score (nSPS) is 20.3. The molecule has 0 aliphatic carbocycles. The van der Waals surface area contributed by atoms with E-state index in [1.807, 2.05) is 12.1 Å². The fourth-order valence-corrected chi connectivity index (χ4v) is 2.75. The van der Waals surface area contributed by atoms with Crippen LogP contribution in [0.3, 0.4) is 0 Å². The lowest BCUT2D eigenvalue weighted by Gasteiger charge is -2.28. The smallest absolute Gasteiger partial charge is 0.124 e. The van der Waals surface area contributed by atoms with E-state index in [-0.39, 0.29) is 5.41 Å². The van der Waals surface area contributed by atoms with Crippen molar-refractivity contribution in [1.29, 1.82) is 0 Å². The number of piperidine rings is 1. The van der Waals surface area contributed by atoms with Gasteiger partial charge in [0.15, 0.2) is 0 Å². The molecule has 0 bridgehead atoms. The molecule has 19 heavy (non-hydrogen) atoms. The summed E-state index contributed by atoms with van der Waals surface area (Å²) in [5.41, 5.74) is 1.92. The Hall–Kier alpha value is -1.22. The minimum Gasteiger partial charge on any atom is -0.508 e. The number of rotatable bonds is 2. The van der Waals surface area contributed by atoms with Crippen LogP contribution in [0.5, 0.6) is 11.5 Å². The van der Waals surface area contributed by atoms with Crippen LogP contribution in [-0.2, 0) is 5.41 Å². The predicted octanol–water partition coefficient (Wildman–Crippen LogP) is 3.51. The molecule has 0 aromatic heterocycles. The van der Waals surface area contributed by atoms with Crippen molar-refractivity contribution in [2.45, 2.75) is 51.5 Å². The number of phenolic OH excluding ortho intramolecular Hbond substituents is 1. The van der Waals surface area contributed by atoms with Gasteiger partial charge in [-0.2, -0.15) is 0 Å². The molecule has 1 aliphatic heterocycles. The van der Waals surface area contributed by atoms with Crippen molar-refractivity contribution in [3.05, 3.63) is 23.3 Å². The van der Waals surface area contributed by atoms with Crippen LogP contribution in [0, 0.1) is 0 Å². The van der Waals surface area contributed by atoms with Gasteiger partial charge in [-0.25, -0.2) is 0 Å². The SMILES string of the molecule is COc1cc(C(C)(C)C)c(O)cc1C1CCCCN1. The predicted molar refractivity (Wildman–Crippen MR) is 78.0 cm³/mol. The van der Waals surface area contributed by atoms with Crippen LogP contribution in [0.15, 0.2) is 12.1 Å². The fraction of sp³-hybridized carbons (Fsp3) is 0.625. The zero-order valence-corrected chi connectivity index (χ0v) is 12.4. The largest absolute Gasteiger partial charge is 0.508 e. The van der Waals surface area contributed by atoms with Crippen molar-refractivity contribution in [3.63, 3.8) is 0 Å². The molecule has 1 aromatic carbocycles. The third kappa shape index (κ3) is 3.03. The molecule has 0 amide bonds. The molecule has 1 heterocycles. The van der Waals surface area contributed by atoms with Crippen LogP contribution in [0.25, 0.3) is 0 Å². The number of methoxy groups -OCH3 is 1. The number of benzene rings is 1. The van der Waals surface area contributed by atoms with E-state index in [4.69, 9.17) is 4.74 Å². The standard InChI is InChI=1S/C16H25NO2/c1-16(2,3)12-10-15(19-4)11(9-14(12)18)13-7-5-6-8-17-13/h9-10,13,17-18H,5-8H2,1-4H3. The molecule has 3 nitrogen and oxygen atoms in total. The van der Waals surface area contributed by atoms with Crippen molar-refractivity contribution in [2.24, 2.45) is 0 Å². The van der Waals surface area contributed by atoms with Gasteiger partial charge < -0.3 is 15.2 Å². The van der Waals surface area contributed by atoms with Crippen LogP contribution >= 0.6 is 0 Å². The molecule has 2 N–H and O–H groups in total. The Morgan fingerprint density at radius 3 is 2.53 bits per heavy atom. The first kappa shape index (κ1) is 14.2. The second kappa shape index (κ2) is 5.41. The number of phenols is 1. The molecule has 1 aliphatic rings. The van der Waals surface area contributed by atoms with Gasteiger partial charge in [-0.05, 0) is 36.9 Å². The summed E-state index contributed by atoms with van der Waals surface area (Å²) in [4.78, 5) is 0. The number of hydrogen-bond donors (Lipinski definition) is 2. The molecule has 0 saturated carbocycles. The Morgan fingerprint density at radius 1 is 1.26 bits per heavy atom. The molecule has 1 atom stereocenters. The van der Waals surface area contributed by atoms with Gasteiger partial charge in [-0.3, -0.25) is 0 Å². The molecular weight excluding hydrogens is 238 g/mol. The molecule has 1 aromatic rings. The van der Waals surface area contributed by atoms with E-state index in [1.165, 1.54) is 12.8 Å². The van der Waals surface area contributed by atoms with Crippen molar-refractivity contribution < 1.29 is 9.84 Å². The van der Waals surface area contributed by atoms with Gasteiger partial charge in [0.2, 0.25) is 0 Å². The quantitative estimate of drug-likeness (QED) is 0.858. The first-order valence-electron chi connectivity index (χ1n) is 7.08. The molecule has 1 unspecified atom stereocenters. The van der Waals surface area contributed by atoms with Crippen molar-refractivity contribution in [2.75, 3.05) is 13.7 Å².